The fraction of sp³-hybridized carbons (Fsp3) is 0.417. The van der Waals surface area contributed by atoms with Crippen molar-refractivity contribution in [3.05, 3.63) is 22.2 Å². The van der Waals surface area contributed by atoms with Crippen LogP contribution in [0.25, 0.3) is 0 Å². The number of aldehydes is 1. The second-order valence-corrected chi connectivity index (χ2v) is 4.51. The van der Waals surface area contributed by atoms with Gasteiger partial charge >= 0.3 is 0 Å². The molecule has 3 rings (SSSR count). The van der Waals surface area contributed by atoms with Crippen LogP contribution in [0.5, 0.6) is 11.5 Å². The molecule has 1 saturated heterocycles. The number of fused-ring (bicyclic) bond motifs is 1. The maximum absolute atomic E-state index is 11.0. The van der Waals surface area contributed by atoms with Crippen LogP contribution in [0.15, 0.2) is 6.07 Å². The Morgan fingerprint density at radius 2 is 2.22 bits per heavy atom. The van der Waals surface area contributed by atoms with Crippen LogP contribution in [-0.2, 0) is 4.74 Å². The average molecular weight is 270 g/mol. The Balaban J connectivity index is 2.08. The summed E-state index contributed by atoms with van der Waals surface area (Å²) in [6.45, 7) is 2.20. The van der Waals surface area contributed by atoms with Crippen molar-refractivity contribution in [1.82, 2.24) is 5.32 Å². The SMILES string of the molecule is O=Cc1cc(Cl)c(C2CNCCO2)c2c1OCO2. The second-order valence-electron chi connectivity index (χ2n) is 4.11. The molecule has 0 radical (unpaired) electrons. The van der Waals surface area contributed by atoms with Crippen LogP contribution in [0.1, 0.15) is 22.0 Å². The number of carbonyl (C=O) groups excluding carboxylic acids is 1. The Bertz CT molecular complexity index is 485. The van der Waals surface area contributed by atoms with Gasteiger partial charge in [-0.15, -0.1) is 0 Å². The molecule has 1 fully saturated rings. The highest BCUT2D eigenvalue weighted by Gasteiger charge is 2.30. The van der Waals surface area contributed by atoms with Gasteiger partial charge in [0.25, 0.3) is 0 Å². The molecule has 2 aliphatic heterocycles. The van der Waals surface area contributed by atoms with E-state index in [-0.39, 0.29) is 12.9 Å². The van der Waals surface area contributed by atoms with E-state index < -0.39 is 0 Å². The summed E-state index contributed by atoms with van der Waals surface area (Å²) in [5.74, 6) is 0.983. The van der Waals surface area contributed by atoms with Crippen LogP contribution in [-0.4, -0.2) is 32.8 Å². The van der Waals surface area contributed by atoms with Gasteiger partial charge in [0.2, 0.25) is 6.79 Å². The lowest BCUT2D eigenvalue weighted by Gasteiger charge is -2.25. The Kier molecular flexibility index (Phi) is 3.11. The van der Waals surface area contributed by atoms with Gasteiger partial charge in [-0.2, -0.15) is 0 Å². The Morgan fingerprint density at radius 1 is 1.39 bits per heavy atom. The number of benzene rings is 1. The number of morpholine rings is 1. The topological polar surface area (TPSA) is 56.8 Å². The van der Waals surface area contributed by atoms with Gasteiger partial charge in [-0.1, -0.05) is 11.6 Å². The molecule has 96 valence electrons. The molecule has 2 aliphatic rings. The summed E-state index contributed by atoms with van der Waals surface area (Å²) in [7, 11) is 0. The first-order valence-electron chi connectivity index (χ1n) is 5.70. The maximum atomic E-state index is 11.0. The number of rotatable bonds is 2. The number of hydrogen-bond donors (Lipinski definition) is 1. The normalized spacial score (nSPS) is 21.9. The molecule has 6 heteroatoms. The third kappa shape index (κ3) is 1.84. The quantitative estimate of drug-likeness (QED) is 0.826. The molecule has 1 atom stereocenters. The van der Waals surface area contributed by atoms with Crippen LogP contribution >= 0.6 is 11.6 Å². The molecule has 0 bridgehead atoms. The predicted octanol–water partition coefficient (Wildman–Crippen LogP) is 1.54. The molecule has 1 aromatic rings. The van der Waals surface area contributed by atoms with Crippen molar-refractivity contribution in [2.45, 2.75) is 6.10 Å². The van der Waals surface area contributed by atoms with Gasteiger partial charge < -0.3 is 19.5 Å². The van der Waals surface area contributed by atoms with E-state index in [2.05, 4.69) is 5.32 Å². The number of halogens is 1. The largest absolute Gasteiger partial charge is 0.453 e. The predicted molar refractivity (Wildman–Crippen MR) is 64.5 cm³/mol. The molecule has 2 heterocycles. The van der Waals surface area contributed by atoms with Crippen molar-refractivity contribution in [3.63, 3.8) is 0 Å². The summed E-state index contributed by atoms with van der Waals surface area (Å²) in [5.41, 5.74) is 1.15. The van der Waals surface area contributed by atoms with E-state index in [1.54, 1.807) is 6.07 Å². The third-order valence-electron chi connectivity index (χ3n) is 3.04. The highest BCUT2D eigenvalue weighted by molar-refractivity contribution is 6.32. The first-order valence-corrected chi connectivity index (χ1v) is 6.08. The first kappa shape index (κ1) is 11.8. The molecule has 0 saturated carbocycles. The minimum Gasteiger partial charge on any atom is -0.453 e. The molecule has 0 aromatic heterocycles. The van der Waals surface area contributed by atoms with Gasteiger partial charge in [0.15, 0.2) is 17.8 Å². The first-order chi connectivity index (χ1) is 8.81. The lowest BCUT2D eigenvalue weighted by molar-refractivity contribution is 0.0260. The lowest BCUT2D eigenvalue weighted by Crippen LogP contribution is -2.33. The fourth-order valence-corrected chi connectivity index (χ4v) is 2.54. The van der Waals surface area contributed by atoms with Crippen molar-refractivity contribution in [2.24, 2.45) is 0 Å². The molecule has 5 nitrogen and oxygen atoms in total. The van der Waals surface area contributed by atoms with Crippen molar-refractivity contribution >= 4 is 17.9 Å². The van der Waals surface area contributed by atoms with Gasteiger partial charge in [-0.3, -0.25) is 4.79 Å². The van der Waals surface area contributed by atoms with Gasteiger partial charge in [-0.05, 0) is 6.07 Å². The van der Waals surface area contributed by atoms with E-state index in [0.717, 1.165) is 12.1 Å². The molecule has 0 amide bonds. The third-order valence-corrected chi connectivity index (χ3v) is 3.35. The van der Waals surface area contributed by atoms with Crippen molar-refractivity contribution < 1.29 is 19.0 Å². The Hall–Kier alpha value is -1.30. The van der Waals surface area contributed by atoms with E-state index in [4.69, 9.17) is 25.8 Å². The zero-order valence-electron chi connectivity index (χ0n) is 9.57. The van der Waals surface area contributed by atoms with Crippen molar-refractivity contribution in [1.29, 1.82) is 0 Å². The highest BCUT2D eigenvalue weighted by atomic mass is 35.5. The minimum atomic E-state index is -0.178. The van der Waals surface area contributed by atoms with Crippen LogP contribution in [0.3, 0.4) is 0 Å². The van der Waals surface area contributed by atoms with Gasteiger partial charge in [0.1, 0.15) is 6.10 Å². The zero-order valence-corrected chi connectivity index (χ0v) is 10.3. The molecule has 1 unspecified atom stereocenters. The number of ether oxygens (including phenoxy) is 3. The van der Waals surface area contributed by atoms with Crippen LogP contribution in [0.2, 0.25) is 5.02 Å². The molecule has 1 N–H and O–H groups in total. The maximum Gasteiger partial charge on any atom is 0.231 e. The molecule has 18 heavy (non-hydrogen) atoms. The summed E-state index contributed by atoms with van der Waals surface area (Å²) in [4.78, 5) is 11.0. The van der Waals surface area contributed by atoms with Gasteiger partial charge in [0.05, 0.1) is 17.2 Å². The lowest BCUT2D eigenvalue weighted by atomic mass is 10.0. The van der Waals surface area contributed by atoms with Gasteiger partial charge in [-0.25, -0.2) is 0 Å². The molecular weight excluding hydrogens is 258 g/mol. The van der Waals surface area contributed by atoms with Crippen LogP contribution in [0.4, 0.5) is 0 Å². The van der Waals surface area contributed by atoms with Crippen molar-refractivity contribution in [3.8, 4) is 11.5 Å². The van der Waals surface area contributed by atoms with Crippen LogP contribution < -0.4 is 14.8 Å². The smallest absolute Gasteiger partial charge is 0.231 e. The summed E-state index contributed by atoms with van der Waals surface area (Å²) < 4.78 is 16.4. The van der Waals surface area contributed by atoms with Crippen molar-refractivity contribution in [2.75, 3.05) is 26.5 Å². The number of hydrogen-bond acceptors (Lipinski definition) is 5. The average Bonchev–Trinajstić information content (AvgIpc) is 2.87. The number of nitrogens with one attached hydrogen (secondary N) is 1. The van der Waals surface area contributed by atoms with E-state index in [1.165, 1.54) is 0 Å². The monoisotopic (exact) mass is 269 g/mol. The van der Waals surface area contributed by atoms with E-state index >= 15 is 0 Å². The molecule has 1 aromatic carbocycles. The molecule has 0 aliphatic carbocycles. The number of carbonyl (C=O) groups is 1. The minimum absolute atomic E-state index is 0.101. The standard InChI is InChI=1S/C12H12ClNO4/c13-8-3-7(5-15)11-12(18-6-17-11)10(8)9-4-14-1-2-16-9/h3,5,9,14H,1-2,4,6H2. The van der Waals surface area contributed by atoms with Crippen LogP contribution in [0, 0.1) is 0 Å². The fourth-order valence-electron chi connectivity index (χ4n) is 2.22. The zero-order chi connectivity index (χ0) is 12.5. The summed E-state index contributed by atoms with van der Waals surface area (Å²) in [6, 6.07) is 1.59. The van der Waals surface area contributed by atoms with E-state index in [0.29, 0.717) is 41.5 Å². The second kappa shape index (κ2) is 4.76. The van der Waals surface area contributed by atoms with Gasteiger partial charge in [0, 0.05) is 18.7 Å². The summed E-state index contributed by atoms with van der Waals surface area (Å²) >= 11 is 6.22. The summed E-state index contributed by atoms with van der Waals surface area (Å²) in [5, 5.41) is 3.70. The Morgan fingerprint density at radius 3 is 2.94 bits per heavy atom. The Labute approximate surface area is 109 Å². The van der Waals surface area contributed by atoms with E-state index in [9.17, 15) is 4.79 Å². The summed E-state index contributed by atoms with van der Waals surface area (Å²) in [6.07, 6.45) is 0.533. The van der Waals surface area contributed by atoms with E-state index in [1.807, 2.05) is 0 Å². The molecule has 0 spiro atoms. The molecular formula is C12H12ClNO4. The highest BCUT2D eigenvalue weighted by Crippen LogP contribution is 2.45.